The second-order valence-electron chi connectivity index (χ2n) is 5.65. The molecule has 1 N–H and O–H groups in total. The van der Waals surface area contributed by atoms with Gasteiger partial charge in [-0.05, 0) is 31.0 Å². The van der Waals surface area contributed by atoms with E-state index in [1.54, 1.807) is 23.5 Å². The van der Waals surface area contributed by atoms with E-state index in [2.05, 4.69) is 15.3 Å². The minimum atomic E-state index is -0.566. The zero-order chi connectivity index (χ0) is 16.9. The Bertz CT molecular complexity index is 703. The maximum atomic E-state index is 14.1. The van der Waals surface area contributed by atoms with E-state index < -0.39 is 5.82 Å². The predicted molar refractivity (Wildman–Crippen MR) is 87.6 cm³/mol. The first-order chi connectivity index (χ1) is 11.7. The van der Waals surface area contributed by atoms with Crippen molar-refractivity contribution in [2.24, 2.45) is 0 Å². The SMILES string of the molecule is COc1cccc(NC(=O)N2CCC(c3ccncn3)CC2)c1F. The Morgan fingerprint density at radius 1 is 1.33 bits per heavy atom. The highest BCUT2D eigenvalue weighted by atomic mass is 19.1. The molecule has 1 aliphatic heterocycles. The van der Waals surface area contributed by atoms with Gasteiger partial charge in [0.15, 0.2) is 11.6 Å². The fourth-order valence-electron chi connectivity index (χ4n) is 2.88. The topological polar surface area (TPSA) is 67.3 Å². The summed E-state index contributed by atoms with van der Waals surface area (Å²) in [4.78, 5) is 22.2. The Morgan fingerprint density at radius 2 is 2.12 bits per heavy atom. The molecule has 0 unspecified atom stereocenters. The molecule has 0 atom stereocenters. The van der Waals surface area contributed by atoms with Crippen LogP contribution >= 0.6 is 0 Å². The number of likely N-dealkylation sites (tertiary alicyclic amines) is 1. The van der Waals surface area contributed by atoms with Crippen molar-refractivity contribution in [1.29, 1.82) is 0 Å². The Labute approximate surface area is 139 Å². The summed E-state index contributed by atoms with van der Waals surface area (Å²) in [7, 11) is 1.39. The summed E-state index contributed by atoms with van der Waals surface area (Å²) < 4.78 is 19.0. The molecule has 126 valence electrons. The molecule has 1 aromatic carbocycles. The quantitative estimate of drug-likeness (QED) is 0.939. The number of halogens is 1. The van der Waals surface area contributed by atoms with E-state index in [4.69, 9.17) is 4.74 Å². The molecule has 2 heterocycles. The van der Waals surface area contributed by atoms with Crippen molar-refractivity contribution in [3.05, 3.63) is 48.3 Å². The molecule has 0 aliphatic carbocycles. The van der Waals surface area contributed by atoms with Crippen molar-refractivity contribution in [2.75, 3.05) is 25.5 Å². The number of carbonyl (C=O) groups excluding carboxylic acids is 1. The zero-order valence-electron chi connectivity index (χ0n) is 13.4. The number of methoxy groups -OCH3 is 1. The molecule has 3 rings (SSSR count). The van der Waals surface area contributed by atoms with Gasteiger partial charge in [0, 0.05) is 30.9 Å². The Morgan fingerprint density at radius 3 is 2.79 bits per heavy atom. The minimum Gasteiger partial charge on any atom is -0.494 e. The smallest absolute Gasteiger partial charge is 0.321 e. The molecule has 1 fully saturated rings. The molecular formula is C17H19FN4O2. The lowest BCUT2D eigenvalue weighted by molar-refractivity contribution is 0.194. The number of hydrogen-bond acceptors (Lipinski definition) is 4. The molecule has 6 nitrogen and oxygen atoms in total. The molecule has 0 spiro atoms. The number of urea groups is 1. The Hall–Kier alpha value is -2.70. The van der Waals surface area contributed by atoms with Gasteiger partial charge < -0.3 is 15.0 Å². The van der Waals surface area contributed by atoms with Crippen molar-refractivity contribution < 1.29 is 13.9 Å². The highest BCUT2D eigenvalue weighted by Gasteiger charge is 2.25. The molecule has 7 heteroatoms. The number of nitrogens with one attached hydrogen (secondary N) is 1. The van der Waals surface area contributed by atoms with Gasteiger partial charge in [0.1, 0.15) is 6.33 Å². The van der Waals surface area contributed by atoms with Gasteiger partial charge in [-0.1, -0.05) is 6.07 Å². The van der Waals surface area contributed by atoms with Crippen LogP contribution in [0.5, 0.6) is 5.75 Å². The van der Waals surface area contributed by atoms with E-state index in [0.717, 1.165) is 18.5 Å². The van der Waals surface area contributed by atoms with Crippen LogP contribution in [0.4, 0.5) is 14.9 Å². The third-order valence-electron chi connectivity index (χ3n) is 4.23. The largest absolute Gasteiger partial charge is 0.494 e. The first kappa shape index (κ1) is 16.2. The number of anilines is 1. The summed E-state index contributed by atoms with van der Waals surface area (Å²) >= 11 is 0. The van der Waals surface area contributed by atoms with Gasteiger partial charge in [-0.3, -0.25) is 0 Å². The number of amides is 2. The normalized spacial score (nSPS) is 15.2. The maximum Gasteiger partial charge on any atom is 0.321 e. The van der Waals surface area contributed by atoms with Crippen LogP contribution in [0, 0.1) is 5.82 Å². The summed E-state index contributed by atoms with van der Waals surface area (Å²) in [6.07, 6.45) is 4.92. The van der Waals surface area contributed by atoms with Gasteiger partial charge in [0.25, 0.3) is 0 Å². The van der Waals surface area contributed by atoms with E-state index in [-0.39, 0.29) is 17.5 Å². The highest BCUT2D eigenvalue weighted by Crippen LogP contribution is 2.28. The van der Waals surface area contributed by atoms with Crippen molar-refractivity contribution in [2.45, 2.75) is 18.8 Å². The zero-order valence-corrected chi connectivity index (χ0v) is 13.4. The molecule has 0 bridgehead atoms. The first-order valence-corrected chi connectivity index (χ1v) is 7.83. The average Bonchev–Trinajstić information content (AvgIpc) is 2.64. The van der Waals surface area contributed by atoms with Gasteiger partial charge in [0.05, 0.1) is 12.8 Å². The van der Waals surface area contributed by atoms with Gasteiger partial charge in [-0.25, -0.2) is 19.2 Å². The average molecular weight is 330 g/mol. The fourth-order valence-corrected chi connectivity index (χ4v) is 2.88. The summed E-state index contributed by atoms with van der Waals surface area (Å²) in [5.74, 6) is -0.134. The predicted octanol–water partition coefficient (Wildman–Crippen LogP) is 3.04. The van der Waals surface area contributed by atoms with Gasteiger partial charge in [0.2, 0.25) is 0 Å². The summed E-state index contributed by atoms with van der Waals surface area (Å²) in [5, 5.41) is 2.62. The van der Waals surface area contributed by atoms with Crippen molar-refractivity contribution >= 4 is 11.7 Å². The molecule has 2 aromatic rings. The second kappa shape index (κ2) is 7.25. The van der Waals surface area contributed by atoms with Crippen LogP contribution in [0.2, 0.25) is 0 Å². The van der Waals surface area contributed by atoms with Crippen molar-refractivity contribution in [3.63, 3.8) is 0 Å². The van der Waals surface area contributed by atoms with Crippen LogP contribution in [0.3, 0.4) is 0 Å². The maximum absolute atomic E-state index is 14.1. The lowest BCUT2D eigenvalue weighted by Crippen LogP contribution is -2.40. The first-order valence-electron chi connectivity index (χ1n) is 7.83. The summed E-state index contributed by atoms with van der Waals surface area (Å²) in [5.41, 5.74) is 1.13. The summed E-state index contributed by atoms with van der Waals surface area (Å²) in [6.45, 7) is 1.21. The molecule has 0 radical (unpaired) electrons. The standard InChI is InChI=1S/C17H19FN4O2/c1-24-15-4-2-3-14(16(15)18)21-17(23)22-9-6-12(7-10-22)13-5-8-19-11-20-13/h2-5,8,11-12H,6-7,9-10H2,1H3,(H,21,23). The van der Waals surface area contributed by atoms with E-state index in [0.29, 0.717) is 19.0 Å². The molecule has 2 amide bonds. The number of hydrogen-bond donors (Lipinski definition) is 1. The molecule has 24 heavy (non-hydrogen) atoms. The van der Waals surface area contributed by atoms with E-state index in [9.17, 15) is 9.18 Å². The molecule has 1 aromatic heterocycles. The number of rotatable bonds is 3. The van der Waals surface area contributed by atoms with E-state index in [1.807, 2.05) is 6.07 Å². The number of nitrogens with zero attached hydrogens (tertiary/aromatic N) is 3. The van der Waals surface area contributed by atoms with Crippen LogP contribution in [0.1, 0.15) is 24.5 Å². The number of ether oxygens (including phenoxy) is 1. The van der Waals surface area contributed by atoms with Crippen LogP contribution in [0.25, 0.3) is 0 Å². The van der Waals surface area contributed by atoms with E-state index >= 15 is 0 Å². The van der Waals surface area contributed by atoms with Gasteiger partial charge >= 0.3 is 6.03 Å². The van der Waals surface area contributed by atoms with Gasteiger partial charge in [-0.2, -0.15) is 0 Å². The number of aromatic nitrogens is 2. The van der Waals surface area contributed by atoms with Crippen LogP contribution < -0.4 is 10.1 Å². The lowest BCUT2D eigenvalue weighted by Gasteiger charge is -2.31. The number of piperidine rings is 1. The number of carbonyl (C=O) groups is 1. The minimum absolute atomic E-state index is 0.107. The fraction of sp³-hybridized carbons (Fsp3) is 0.353. The second-order valence-corrected chi connectivity index (χ2v) is 5.65. The molecule has 1 aliphatic rings. The van der Waals surface area contributed by atoms with Gasteiger partial charge in [-0.15, -0.1) is 0 Å². The summed E-state index contributed by atoms with van der Waals surface area (Å²) in [6, 6.07) is 6.27. The lowest BCUT2D eigenvalue weighted by atomic mass is 9.93. The monoisotopic (exact) mass is 330 g/mol. The third kappa shape index (κ3) is 3.45. The number of benzene rings is 1. The Kier molecular flexibility index (Phi) is 4.88. The van der Waals surface area contributed by atoms with Crippen LogP contribution in [-0.4, -0.2) is 41.1 Å². The molecule has 1 saturated heterocycles. The highest BCUT2D eigenvalue weighted by molar-refractivity contribution is 5.89. The molecule has 0 saturated carbocycles. The van der Waals surface area contributed by atoms with Crippen LogP contribution in [-0.2, 0) is 0 Å². The van der Waals surface area contributed by atoms with E-state index in [1.165, 1.54) is 19.2 Å². The third-order valence-corrected chi connectivity index (χ3v) is 4.23. The Balaban J connectivity index is 1.60. The van der Waals surface area contributed by atoms with Crippen molar-refractivity contribution in [3.8, 4) is 5.75 Å². The van der Waals surface area contributed by atoms with Crippen molar-refractivity contribution in [1.82, 2.24) is 14.9 Å². The molecular weight excluding hydrogens is 311 g/mol. The van der Waals surface area contributed by atoms with Crippen LogP contribution in [0.15, 0.2) is 36.8 Å².